The number of aryl methyl sites for hydroxylation is 1. The van der Waals surface area contributed by atoms with Gasteiger partial charge in [0.2, 0.25) is 0 Å². The van der Waals surface area contributed by atoms with Crippen LogP contribution in [0.3, 0.4) is 0 Å². The van der Waals surface area contributed by atoms with Crippen molar-refractivity contribution < 1.29 is 9.84 Å². The smallest absolute Gasteiger partial charge is 0.271 e. The van der Waals surface area contributed by atoms with Crippen molar-refractivity contribution in [2.24, 2.45) is 4.99 Å². The summed E-state index contributed by atoms with van der Waals surface area (Å²) >= 11 is 1.35. The zero-order valence-corrected chi connectivity index (χ0v) is 19.4. The van der Waals surface area contributed by atoms with Gasteiger partial charge in [-0.25, -0.2) is 4.99 Å². The first-order valence-corrected chi connectivity index (χ1v) is 12.0. The van der Waals surface area contributed by atoms with Gasteiger partial charge in [-0.15, -0.1) is 0 Å². The minimum atomic E-state index is -0.207. The molecule has 0 bridgehead atoms. The molecule has 34 heavy (non-hydrogen) atoms. The maximum atomic E-state index is 13.7. The fraction of sp³-hybridized carbons (Fsp3) is 0.143. The van der Waals surface area contributed by atoms with E-state index in [9.17, 15) is 9.90 Å². The molecule has 1 N–H and O–H groups in total. The predicted molar refractivity (Wildman–Crippen MR) is 134 cm³/mol. The highest BCUT2D eigenvalue weighted by Crippen LogP contribution is 2.41. The van der Waals surface area contributed by atoms with E-state index in [2.05, 4.69) is 30.3 Å². The van der Waals surface area contributed by atoms with E-state index < -0.39 is 0 Å². The van der Waals surface area contributed by atoms with E-state index in [-0.39, 0.29) is 17.4 Å². The van der Waals surface area contributed by atoms with Gasteiger partial charge in [-0.3, -0.25) is 9.36 Å². The van der Waals surface area contributed by atoms with E-state index >= 15 is 0 Å². The zero-order valence-electron chi connectivity index (χ0n) is 18.6. The molecule has 1 atom stereocenters. The molecule has 1 unspecified atom stereocenters. The number of fused-ring (bicyclic) bond motifs is 3. The van der Waals surface area contributed by atoms with Crippen LogP contribution in [0.5, 0.6) is 11.5 Å². The van der Waals surface area contributed by atoms with Gasteiger partial charge in [0.1, 0.15) is 0 Å². The molecule has 168 valence electrons. The molecule has 0 spiro atoms. The molecule has 0 radical (unpaired) electrons. The van der Waals surface area contributed by atoms with Crippen molar-refractivity contribution in [2.75, 3.05) is 7.11 Å². The monoisotopic (exact) mass is 466 g/mol. The van der Waals surface area contributed by atoms with Crippen molar-refractivity contribution in [3.05, 3.63) is 120 Å². The van der Waals surface area contributed by atoms with Crippen LogP contribution in [0.15, 0.2) is 88.2 Å². The maximum absolute atomic E-state index is 13.7. The summed E-state index contributed by atoms with van der Waals surface area (Å²) in [5, 5.41) is 10.6. The summed E-state index contributed by atoms with van der Waals surface area (Å²) < 4.78 is 7.57. The SMILES string of the molecule is COc1cccc(C=c2sc3n(c2=O)C(c2ccccc2)C2=C(N=3)c3ccccc3CC2)c1O. The van der Waals surface area contributed by atoms with E-state index in [0.29, 0.717) is 20.6 Å². The number of allylic oxidation sites excluding steroid dienone is 1. The lowest BCUT2D eigenvalue weighted by Gasteiger charge is -2.30. The molecular formula is C28H22N2O3S. The largest absolute Gasteiger partial charge is 0.504 e. The number of aromatic hydroxyl groups is 1. The number of benzene rings is 3. The summed E-state index contributed by atoms with van der Waals surface area (Å²) in [6.45, 7) is 0. The van der Waals surface area contributed by atoms with Crippen LogP contribution in [-0.4, -0.2) is 16.8 Å². The van der Waals surface area contributed by atoms with Gasteiger partial charge < -0.3 is 9.84 Å². The van der Waals surface area contributed by atoms with E-state index in [4.69, 9.17) is 9.73 Å². The minimum Gasteiger partial charge on any atom is -0.504 e. The Balaban J connectivity index is 1.62. The van der Waals surface area contributed by atoms with Gasteiger partial charge >= 0.3 is 0 Å². The number of nitrogens with zero attached hydrogens (tertiary/aromatic N) is 2. The van der Waals surface area contributed by atoms with Gasteiger partial charge in [-0.05, 0) is 41.7 Å². The molecule has 5 nitrogen and oxygen atoms in total. The number of ether oxygens (including phenoxy) is 1. The van der Waals surface area contributed by atoms with Gasteiger partial charge in [0, 0.05) is 11.1 Å². The highest BCUT2D eigenvalue weighted by atomic mass is 32.1. The van der Waals surface area contributed by atoms with Crippen LogP contribution >= 0.6 is 11.3 Å². The average Bonchev–Trinajstić information content (AvgIpc) is 3.19. The van der Waals surface area contributed by atoms with Gasteiger partial charge in [0.05, 0.1) is 23.4 Å². The lowest BCUT2D eigenvalue weighted by atomic mass is 9.83. The number of thiazole rings is 1. The summed E-state index contributed by atoms with van der Waals surface area (Å²) in [5.41, 5.74) is 6.09. The molecule has 0 saturated carbocycles. The van der Waals surface area contributed by atoms with Crippen molar-refractivity contribution in [1.29, 1.82) is 0 Å². The maximum Gasteiger partial charge on any atom is 0.271 e. The van der Waals surface area contributed by atoms with Gasteiger partial charge in [-0.1, -0.05) is 78.1 Å². The molecule has 0 fully saturated rings. The molecule has 3 aromatic carbocycles. The molecule has 1 aliphatic heterocycles. The second-order valence-corrected chi connectivity index (χ2v) is 9.43. The second kappa shape index (κ2) is 8.15. The molecule has 2 heterocycles. The van der Waals surface area contributed by atoms with Crippen molar-refractivity contribution in [3.63, 3.8) is 0 Å². The number of aromatic nitrogens is 1. The third-order valence-corrected chi connectivity index (χ3v) is 7.51. The van der Waals surface area contributed by atoms with Crippen LogP contribution in [0, 0.1) is 0 Å². The molecule has 1 aromatic heterocycles. The van der Waals surface area contributed by atoms with E-state index in [1.54, 1.807) is 24.3 Å². The molecule has 4 aromatic rings. The Morgan fingerprint density at radius 1 is 1.03 bits per heavy atom. The summed E-state index contributed by atoms with van der Waals surface area (Å²) in [7, 11) is 1.51. The Kier molecular flexibility index (Phi) is 4.96. The number of methoxy groups -OCH3 is 1. The highest BCUT2D eigenvalue weighted by Gasteiger charge is 2.32. The van der Waals surface area contributed by atoms with Crippen molar-refractivity contribution in [2.45, 2.75) is 18.9 Å². The Bertz CT molecular complexity index is 1630. The number of hydrogen-bond acceptors (Lipinski definition) is 5. The molecule has 0 saturated heterocycles. The second-order valence-electron chi connectivity index (χ2n) is 8.42. The summed E-state index contributed by atoms with van der Waals surface area (Å²) in [6.07, 6.45) is 3.51. The topological polar surface area (TPSA) is 63.8 Å². The van der Waals surface area contributed by atoms with Gasteiger partial charge in [0.25, 0.3) is 5.56 Å². The number of phenolic OH excluding ortho intramolecular Hbond substituents is 1. The Labute approximate surface area is 200 Å². The van der Waals surface area contributed by atoms with E-state index in [1.165, 1.54) is 29.6 Å². The first-order chi connectivity index (χ1) is 16.7. The van der Waals surface area contributed by atoms with Gasteiger partial charge in [0.15, 0.2) is 16.3 Å². The Morgan fingerprint density at radius 3 is 2.65 bits per heavy atom. The van der Waals surface area contributed by atoms with Gasteiger partial charge in [-0.2, -0.15) is 0 Å². The molecule has 1 aliphatic carbocycles. The number of para-hydroxylation sites is 1. The Morgan fingerprint density at radius 2 is 1.82 bits per heavy atom. The van der Waals surface area contributed by atoms with Crippen LogP contribution in [0.2, 0.25) is 0 Å². The predicted octanol–water partition coefficient (Wildman–Crippen LogP) is 4.03. The summed E-state index contributed by atoms with van der Waals surface area (Å²) in [5.74, 6) is 0.388. The fourth-order valence-electron chi connectivity index (χ4n) is 4.92. The quantitative estimate of drug-likeness (QED) is 0.496. The first-order valence-electron chi connectivity index (χ1n) is 11.2. The Hall–Kier alpha value is -3.90. The first kappa shape index (κ1) is 20.7. The van der Waals surface area contributed by atoms with Crippen molar-refractivity contribution in [3.8, 4) is 11.5 Å². The standard InChI is InChI=1S/C28H22N2O3S/c1-33-22-13-7-11-19(26(22)31)16-23-27(32)30-25(18-9-3-2-4-10-18)21-15-14-17-8-5-6-12-20(17)24(21)29-28(30)34-23/h2-13,16,25,31H,14-15H2,1H3. The fourth-order valence-corrected chi connectivity index (χ4v) is 5.91. The van der Waals surface area contributed by atoms with E-state index in [1.807, 2.05) is 28.8 Å². The minimum absolute atomic E-state index is 0.0173. The van der Waals surface area contributed by atoms with Crippen molar-refractivity contribution in [1.82, 2.24) is 4.57 Å². The zero-order chi connectivity index (χ0) is 23.2. The number of hydrogen-bond donors (Lipinski definition) is 1. The van der Waals surface area contributed by atoms with Crippen LogP contribution in [-0.2, 0) is 6.42 Å². The molecule has 0 amide bonds. The molecule has 6 heteroatoms. The molecular weight excluding hydrogens is 444 g/mol. The van der Waals surface area contributed by atoms with Crippen molar-refractivity contribution >= 4 is 23.1 Å². The average molecular weight is 467 g/mol. The summed E-state index contributed by atoms with van der Waals surface area (Å²) in [6, 6.07) is 23.6. The third kappa shape index (κ3) is 3.22. The lowest BCUT2D eigenvalue weighted by Crippen LogP contribution is -2.38. The normalized spacial score (nSPS) is 17.0. The third-order valence-electron chi connectivity index (χ3n) is 6.52. The molecule has 6 rings (SSSR count). The lowest BCUT2D eigenvalue weighted by molar-refractivity contribution is 0.373. The number of phenols is 1. The van der Waals surface area contributed by atoms with E-state index in [0.717, 1.165) is 29.7 Å². The van der Waals surface area contributed by atoms with Crippen LogP contribution < -0.4 is 19.6 Å². The number of rotatable bonds is 3. The van der Waals surface area contributed by atoms with Crippen LogP contribution in [0.1, 0.15) is 34.7 Å². The highest BCUT2D eigenvalue weighted by molar-refractivity contribution is 7.07. The van der Waals surface area contributed by atoms with Crippen LogP contribution in [0.25, 0.3) is 11.8 Å². The molecule has 2 aliphatic rings. The summed E-state index contributed by atoms with van der Waals surface area (Å²) in [4.78, 5) is 19.4. The van der Waals surface area contributed by atoms with Crippen LogP contribution in [0.4, 0.5) is 0 Å².